The molecule has 0 unspecified atom stereocenters. The molecule has 1 amide bonds. The molecule has 1 aliphatic rings. The fourth-order valence-corrected chi connectivity index (χ4v) is 3.37. The largest absolute Gasteiger partial charge is 0.382 e. The third kappa shape index (κ3) is 4.32. The van der Waals surface area contributed by atoms with E-state index in [0.29, 0.717) is 12.1 Å². The van der Waals surface area contributed by atoms with Gasteiger partial charge in [0.15, 0.2) is 0 Å². The Morgan fingerprint density at radius 3 is 2.63 bits per heavy atom. The number of amides is 1. The van der Waals surface area contributed by atoms with Crippen LogP contribution in [0.25, 0.3) is 0 Å². The number of pyridine rings is 2. The van der Waals surface area contributed by atoms with Crippen LogP contribution in [0.5, 0.6) is 0 Å². The van der Waals surface area contributed by atoms with Crippen LogP contribution in [0.15, 0.2) is 88.3 Å². The molecule has 6 nitrogen and oxygen atoms in total. The molecule has 0 saturated carbocycles. The van der Waals surface area contributed by atoms with E-state index in [1.54, 1.807) is 18.5 Å². The molecule has 1 N–H and O–H groups in total. The van der Waals surface area contributed by atoms with Crippen molar-refractivity contribution in [3.05, 3.63) is 78.6 Å². The first-order valence-corrected chi connectivity index (χ1v) is 9.23. The highest BCUT2D eigenvalue weighted by atomic mass is 32.2. The number of anilines is 1. The lowest BCUT2D eigenvalue weighted by Crippen LogP contribution is -2.28. The fraction of sp³-hybridized carbons (Fsp3) is 0.100. The highest BCUT2D eigenvalue weighted by Crippen LogP contribution is 2.26. The van der Waals surface area contributed by atoms with Gasteiger partial charge in [0.05, 0.1) is 5.71 Å². The van der Waals surface area contributed by atoms with Crippen molar-refractivity contribution in [2.24, 2.45) is 5.16 Å². The average molecular weight is 376 g/mol. The summed E-state index contributed by atoms with van der Waals surface area (Å²) in [6, 6.07) is 19.0. The van der Waals surface area contributed by atoms with Gasteiger partial charge in [-0.15, -0.1) is 0 Å². The Balaban J connectivity index is 1.38. The summed E-state index contributed by atoms with van der Waals surface area (Å²) in [5, 5.41) is 8.52. The van der Waals surface area contributed by atoms with Crippen LogP contribution in [0.1, 0.15) is 12.0 Å². The van der Waals surface area contributed by atoms with E-state index in [0.717, 1.165) is 21.3 Å². The van der Waals surface area contributed by atoms with Gasteiger partial charge < -0.3 is 10.2 Å². The summed E-state index contributed by atoms with van der Waals surface area (Å²) >= 11 is 1.43. The molecule has 7 heteroatoms. The zero-order chi connectivity index (χ0) is 18.5. The maximum atomic E-state index is 12.5. The van der Waals surface area contributed by atoms with Gasteiger partial charge in [-0.05, 0) is 29.8 Å². The minimum Gasteiger partial charge on any atom is -0.382 e. The molecule has 0 spiro atoms. The number of oxime groups is 1. The molecule has 0 aliphatic carbocycles. The summed E-state index contributed by atoms with van der Waals surface area (Å²) in [6.07, 6.45) is 3.19. The summed E-state index contributed by atoms with van der Waals surface area (Å²) < 4.78 is 0. The number of benzene rings is 1. The third-order valence-electron chi connectivity index (χ3n) is 3.92. The smallest absolute Gasteiger partial charge is 0.268 e. The Bertz CT molecular complexity index is 964. The fourth-order valence-electron chi connectivity index (χ4n) is 2.60. The quantitative estimate of drug-likeness (QED) is 0.734. The molecule has 1 aliphatic heterocycles. The molecule has 0 fully saturated rings. The summed E-state index contributed by atoms with van der Waals surface area (Å²) in [6.45, 7) is 0. The first kappa shape index (κ1) is 17.2. The lowest BCUT2D eigenvalue weighted by Gasteiger charge is -2.10. The molecule has 3 aromatic rings. The molecule has 0 radical (unpaired) electrons. The standard InChI is InChI=1S/C20H16N4O2S/c25-20(17-13-16(24-26-17)14-6-2-1-3-7-14)23-15-9-11-22-19(12-15)27-18-8-4-5-10-21-18/h1-12,17H,13H2,(H,22,23,25)/t17-/m1/s1. The summed E-state index contributed by atoms with van der Waals surface area (Å²) in [7, 11) is 0. The van der Waals surface area contributed by atoms with Crippen molar-refractivity contribution in [1.82, 2.24) is 9.97 Å². The molecular formula is C20H16N4O2S. The lowest BCUT2D eigenvalue weighted by molar-refractivity contribution is -0.125. The Hall–Kier alpha value is -3.19. The van der Waals surface area contributed by atoms with Gasteiger partial charge in [0, 0.05) is 24.5 Å². The molecule has 134 valence electrons. The van der Waals surface area contributed by atoms with Crippen LogP contribution in [0.2, 0.25) is 0 Å². The van der Waals surface area contributed by atoms with Crippen molar-refractivity contribution in [3.8, 4) is 0 Å². The van der Waals surface area contributed by atoms with Gasteiger partial charge in [-0.25, -0.2) is 9.97 Å². The van der Waals surface area contributed by atoms with Crippen molar-refractivity contribution in [2.45, 2.75) is 22.6 Å². The molecule has 3 heterocycles. The highest BCUT2D eigenvalue weighted by molar-refractivity contribution is 7.99. The third-order valence-corrected chi connectivity index (χ3v) is 4.80. The summed E-state index contributed by atoms with van der Waals surface area (Å²) in [4.78, 5) is 26.4. The van der Waals surface area contributed by atoms with Crippen LogP contribution in [0.3, 0.4) is 0 Å². The van der Waals surface area contributed by atoms with Crippen LogP contribution in [0, 0.1) is 0 Å². The number of aromatic nitrogens is 2. The second kappa shape index (κ2) is 8.01. The zero-order valence-corrected chi connectivity index (χ0v) is 15.1. The van der Waals surface area contributed by atoms with Gasteiger partial charge in [-0.3, -0.25) is 4.79 Å². The second-order valence-electron chi connectivity index (χ2n) is 5.84. The number of carbonyl (C=O) groups is 1. The van der Waals surface area contributed by atoms with Crippen molar-refractivity contribution >= 4 is 29.1 Å². The van der Waals surface area contributed by atoms with Gasteiger partial charge in [0.2, 0.25) is 6.10 Å². The van der Waals surface area contributed by atoms with Gasteiger partial charge in [-0.2, -0.15) is 0 Å². The predicted octanol–water partition coefficient (Wildman–Crippen LogP) is 3.76. The van der Waals surface area contributed by atoms with Crippen LogP contribution in [-0.2, 0) is 9.63 Å². The van der Waals surface area contributed by atoms with Crippen LogP contribution < -0.4 is 5.32 Å². The van der Waals surface area contributed by atoms with E-state index in [1.165, 1.54) is 11.8 Å². The van der Waals surface area contributed by atoms with E-state index in [1.807, 2.05) is 54.6 Å². The Morgan fingerprint density at radius 1 is 1.00 bits per heavy atom. The summed E-state index contributed by atoms with van der Waals surface area (Å²) in [5.41, 5.74) is 2.40. The van der Waals surface area contributed by atoms with Gasteiger partial charge >= 0.3 is 0 Å². The number of hydrogen-bond acceptors (Lipinski definition) is 6. The molecule has 1 aromatic carbocycles. The van der Waals surface area contributed by atoms with Crippen molar-refractivity contribution in [2.75, 3.05) is 5.32 Å². The first-order valence-electron chi connectivity index (χ1n) is 8.42. The topological polar surface area (TPSA) is 76.5 Å². The Labute approximate surface area is 160 Å². The molecule has 0 saturated heterocycles. The second-order valence-corrected chi connectivity index (χ2v) is 6.88. The Morgan fingerprint density at radius 2 is 1.81 bits per heavy atom. The number of rotatable bonds is 5. The number of nitrogens with one attached hydrogen (secondary N) is 1. The minimum atomic E-state index is -0.639. The van der Waals surface area contributed by atoms with Crippen molar-refractivity contribution < 1.29 is 9.63 Å². The summed E-state index contributed by atoms with van der Waals surface area (Å²) in [5.74, 6) is -0.232. The van der Waals surface area contributed by atoms with Crippen molar-refractivity contribution in [1.29, 1.82) is 0 Å². The predicted molar refractivity (Wildman–Crippen MR) is 104 cm³/mol. The monoisotopic (exact) mass is 376 g/mol. The molecular weight excluding hydrogens is 360 g/mol. The van der Waals surface area contributed by atoms with Gasteiger partial charge in [-0.1, -0.05) is 53.3 Å². The normalized spacial score (nSPS) is 15.7. The Kier molecular flexibility index (Phi) is 5.11. The van der Waals surface area contributed by atoms with Gasteiger partial charge in [0.25, 0.3) is 5.91 Å². The van der Waals surface area contributed by atoms with Crippen LogP contribution in [0.4, 0.5) is 5.69 Å². The van der Waals surface area contributed by atoms with Crippen LogP contribution in [-0.4, -0.2) is 27.7 Å². The number of carbonyl (C=O) groups excluding carboxylic acids is 1. The number of hydrogen-bond donors (Lipinski definition) is 1. The molecule has 27 heavy (non-hydrogen) atoms. The number of nitrogens with zero attached hydrogens (tertiary/aromatic N) is 3. The van der Waals surface area contributed by atoms with E-state index in [2.05, 4.69) is 20.4 Å². The van der Waals surface area contributed by atoms with E-state index in [4.69, 9.17) is 4.84 Å². The maximum Gasteiger partial charge on any atom is 0.268 e. The van der Waals surface area contributed by atoms with Crippen LogP contribution >= 0.6 is 11.8 Å². The maximum absolute atomic E-state index is 12.5. The highest BCUT2D eigenvalue weighted by Gasteiger charge is 2.28. The average Bonchev–Trinajstić information content (AvgIpc) is 3.20. The van der Waals surface area contributed by atoms with Gasteiger partial charge in [0.1, 0.15) is 10.1 Å². The molecule has 0 bridgehead atoms. The van der Waals surface area contributed by atoms with E-state index < -0.39 is 6.10 Å². The molecule has 4 rings (SSSR count). The SMILES string of the molecule is O=C(Nc1ccnc(Sc2ccccn2)c1)[C@H]1CC(c2ccccc2)=NO1. The van der Waals surface area contributed by atoms with E-state index in [9.17, 15) is 4.79 Å². The zero-order valence-electron chi connectivity index (χ0n) is 14.3. The lowest BCUT2D eigenvalue weighted by atomic mass is 10.0. The molecule has 1 atom stereocenters. The first-order chi connectivity index (χ1) is 13.3. The molecule has 2 aromatic heterocycles. The van der Waals surface area contributed by atoms with Crippen molar-refractivity contribution in [3.63, 3.8) is 0 Å². The minimum absolute atomic E-state index is 0.232. The van der Waals surface area contributed by atoms with E-state index in [-0.39, 0.29) is 5.91 Å². The van der Waals surface area contributed by atoms with E-state index >= 15 is 0 Å².